The Bertz CT molecular complexity index is 630. The minimum atomic E-state index is 0.0194. The largest absolute Gasteiger partial charge is 0.497 e. The third-order valence-corrected chi connectivity index (χ3v) is 3.24. The van der Waals surface area contributed by atoms with Crippen LogP contribution in [0, 0.1) is 12.3 Å². The van der Waals surface area contributed by atoms with Crippen LogP contribution in [0.4, 0.5) is 11.5 Å². The monoisotopic (exact) mass is 273 g/mol. The zero-order valence-electron chi connectivity index (χ0n) is 12.1. The molecule has 0 saturated carbocycles. The van der Waals surface area contributed by atoms with Gasteiger partial charge in [0, 0.05) is 19.8 Å². The summed E-state index contributed by atoms with van der Waals surface area (Å²) in [6.07, 6.45) is 0. The molecular formula is C14H19N5O. The van der Waals surface area contributed by atoms with Crippen molar-refractivity contribution in [2.75, 3.05) is 19.1 Å². The Labute approximate surface area is 118 Å². The second-order valence-corrected chi connectivity index (χ2v) is 4.58. The van der Waals surface area contributed by atoms with E-state index in [1.807, 2.05) is 50.2 Å². The minimum Gasteiger partial charge on any atom is -0.497 e. The van der Waals surface area contributed by atoms with Crippen LogP contribution in [0.15, 0.2) is 24.3 Å². The molecule has 3 N–H and O–H groups in total. The molecule has 1 aromatic heterocycles. The lowest BCUT2D eigenvalue weighted by Crippen LogP contribution is -2.20. The van der Waals surface area contributed by atoms with Crippen molar-refractivity contribution in [3.63, 3.8) is 0 Å². The first-order valence-electron chi connectivity index (χ1n) is 6.21. The number of ether oxygens (including phenoxy) is 1. The van der Waals surface area contributed by atoms with Gasteiger partial charge in [-0.2, -0.15) is 5.10 Å². The summed E-state index contributed by atoms with van der Waals surface area (Å²) in [4.78, 5) is 1.95. The van der Waals surface area contributed by atoms with Crippen LogP contribution in [0.5, 0.6) is 5.75 Å². The molecular weight excluding hydrogens is 254 g/mol. The number of nitrogens with zero attached hydrogens (tertiary/aromatic N) is 3. The Kier molecular flexibility index (Phi) is 3.65. The molecule has 0 bridgehead atoms. The normalized spacial score (nSPS) is 10.4. The van der Waals surface area contributed by atoms with Crippen molar-refractivity contribution in [2.24, 2.45) is 12.8 Å². The van der Waals surface area contributed by atoms with Gasteiger partial charge in [-0.05, 0) is 31.2 Å². The number of methoxy groups -OCH3 is 1. The molecule has 0 atom stereocenters. The van der Waals surface area contributed by atoms with Crippen LogP contribution in [-0.2, 0) is 7.05 Å². The van der Waals surface area contributed by atoms with E-state index >= 15 is 0 Å². The van der Waals surface area contributed by atoms with Crippen molar-refractivity contribution in [3.8, 4) is 5.75 Å². The SMILES string of the molecule is COc1ccc(N(C)c2c(C(=N)N)c(C)nn2C)cc1. The van der Waals surface area contributed by atoms with Crippen LogP contribution >= 0.6 is 0 Å². The third kappa shape index (κ3) is 2.32. The lowest BCUT2D eigenvalue weighted by molar-refractivity contribution is 0.415. The average Bonchev–Trinajstić information content (AvgIpc) is 2.72. The number of benzene rings is 1. The van der Waals surface area contributed by atoms with E-state index in [0.717, 1.165) is 22.9 Å². The molecule has 20 heavy (non-hydrogen) atoms. The van der Waals surface area contributed by atoms with Crippen LogP contribution in [0.1, 0.15) is 11.3 Å². The molecule has 0 aliphatic heterocycles. The predicted molar refractivity (Wildman–Crippen MR) is 80.0 cm³/mol. The van der Waals surface area contributed by atoms with Crippen LogP contribution in [-0.4, -0.2) is 29.8 Å². The third-order valence-electron chi connectivity index (χ3n) is 3.24. The number of nitrogen functional groups attached to an aromatic ring is 1. The summed E-state index contributed by atoms with van der Waals surface area (Å²) < 4.78 is 6.89. The van der Waals surface area contributed by atoms with Gasteiger partial charge < -0.3 is 15.4 Å². The topological polar surface area (TPSA) is 80.2 Å². The number of nitrogens with one attached hydrogen (secondary N) is 1. The smallest absolute Gasteiger partial charge is 0.142 e. The van der Waals surface area contributed by atoms with Crippen molar-refractivity contribution in [2.45, 2.75) is 6.92 Å². The molecule has 0 saturated heterocycles. The van der Waals surface area contributed by atoms with Crippen LogP contribution in [0.2, 0.25) is 0 Å². The van der Waals surface area contributed by atoms with Gasteiger partial charge in [-0.1, -0.05) is 0 Å². The quantitative estimate of drug-likeness (QED) is 0.657. The molecule has 0 unspecified atom stereocenters. The maximum absolute atomic E-state index is 7.73. The Morgan fingerprint density at radius 3 is 2.45 bits per heavy atom. The van der Waals surface area contributed by atoms with Crippen LogP contribution in [0.25, 0.3) is 0 Å². The van der Waals surface area contributed by atoms with Crippen molar-refractivity contribution < 1.29 is 4.74 Å². The van der Waals surface area contributed by atoms with Gasteiger partial charge in [0.1, 0.15) is 17.4 Å². The minimum absolute atomic E-state index is 0.0194. The molecule has 2 rings (SSSR count). The Morgan fingerprint density at radius 1 is 1.35 bits per heavy atom. The van der Waals surface area contributed by atoms with Gasteiger partial charge in [-0.15, -0.1) is 0 Å². The number of hydrogen-bond donors (Lipinski definition) is 2. The molecule has 6 nitrogen and oxygen atoms in total. The molecule has 6 heteroatoms. The van der Waals surface area contributed by atoms with E-state index in [1.165, 1.54) is 0 Å². The van der Waals surface area contributed by atoms with E-state index in [-0.39, 0.29) is 5.84 Å². The number of amidine groups is 1. The molecule has 0 aliphatic rings. The van der Waals surface area contributed by atoms with Gasteiger partial charge in [-0.25, -0.2) is 0 Å². The summed E-state index contributed by atoms with van der Waals surface area (Å²) in [5.74, 6) is 1.61. The molecule has 1 aromatic carbocycles. The summed E-state index contributed by atoms with van der Waals surface area (Å²) in [7, 11) is 5.40. The van der Waals surface area contributed by atoms with Crippen molar-refractivity contribution >= 4 is 17.3 Å². The van der Waals surface area contributed by atoms with E-state index in [1.54, 1.807) is 11.8 Å². The van der Waals surface area contributed by atoms with Gasteiger partial charge in [-0.3, -0.25) is 10.1 Å². The number of hydrogen-bond acceptors (Lipinski definition) is 4. The molecule has 0 radical (unpaired) electrons. The summed E-state index contributed by atoms with van der Waals surface area (Å²) in [6, 6.07) is 7.68. The van der Waals surface area contributed by atoms with Crippen LogP contribution in [0.3, 0.4) is 0 Å². The van der Waals surface area contributed by atoms with E-state index in [0.29, 0.717) is 5.56 Å². The second-order valence-electron chi connectivity index (χ2n) is 4.58. The fourth-order valence-electron chi connectivity index (χ4n) is 2.27. The van der Waals surface area contributed by atoms with Crippen LogP contribution < -0.4 is 15.4 Å². The Hall–Kier alpha value is -2.50. The predicted octanol–water partition coefficient (Wildman–Crippen LogP) is 1.79. The van der Waals surface area contributed by atoms with E-state index < -0.39 is 0 Å². The maximum Gasteiger partial charge on any atom is 0.142 e. The summed E-state index contributed by atoms with van der Waals surface area (Å²) in [5.41, 5.74) is 8.05. The zero-order chi connectivity index (χ0) is 14.9. The number of rotatable bonds is 4. The van der Waals surface area contributed by atoms with Crippen molar-refractivity contribution in [3.05, 3.63) is 35.5 Å². The fraction of sp³-hybridized carbons (Fsp3) is 0.286. The number of aromatic nitrogens is 2. The summed E-state index contributed by atoms with van der Waals surface area (Å²) in [5, 5.41) is 12.1. The van der Waals surface area contributed by atoms with Crippen molar-refractivity contribution in [1.29, 1.82) is 5.41 Å². The standard InChI is InChI=1S/C14H19N5O/c1-9-12(13(15)16)14(19(3)17-9)18(2)10-5-7-11(20-4)8-6-10/h5-8H,1-4H3,(H3,15,16). The highest BCUT2D eigenvalue weighted by Crippen LogP contribution is 2.29. The molecule has 0 aliphatic carbocycles. The number of aryl methyl sites for hydroxylation is 2. The first-order chi connectivity index (χ1) is 9.45. The van der Waals surface area contributed by atoms with Gasteiger partial charge in [0.05, 0.1) is 18.4 Å². The molecule has 0 amide bonds. The zero-order valence-corrected chi connectivity index (χ0v) is 12.1. The number of nitrogens with two attached hydrogens (primary N) is 1. The summed E-state index contributed by atoms with van der Waals surface area (Å²) >= 11 is 0. The molecule has 1 heterocycles. The van der Waals surface area contributed by atoms with E-state index in [9.17, 15) is 0 Å². The van der Waals surface area contributed by atoms with E-state index in [4.69, 9.17) is 15.9 Å². The fourth-order valence-corrected chi connectivity index (χ4v) is 2.27. The van der Waals surface area contributed by atoms with Gasteiger partial charge >= 0.3 is 0 Å². The highest BCUT2D eigenvalue weighted by atomic mass is 16.5. The lowest BCUT2D eigenvalue weighted by Gasteiger charge is -2.21. The highest BCUT2D eigenvalue weighted by Gasteiger charge is 2.20. The first kappa shape index (κ1) is 13.9. The van der Waals surface area contributed by atoms with Gasteiger partial charge in [0.15, 0.2) is 0 Å². The molecule has 106 valence electrons. The van der Waals surface area contributed by atoms with Gasteiger partial charge in [0.2, 0.25) is 0 Å². The summed E-state index contributed by atoms with van der Waals surface area (Å²) in [6.45, 7) is 1.85. The first-order valence-corrected chi connectivity index (χ1v) is 6.21. The Balaban J connectivity index is 2.47. The van der Waals surface area contributed by atoms with Gasteiger partial charge in [0.25, 0.3) is 0 Å². The lowest BCUT2D eigenvalue weighted by atomic mass is 10.2. The van der Waals surface area contributed by atoms with Crippen molar-refractivity contribution in [1.82, 2.24) is 9.78 Å². The molecule has 0 fully saturated rings. The molecule has 2 aromatic rings. The molecule has 0 spiro atoms. The maximum atomic E-state index is 7.73. The average molecular weight is 273 g/mol. The van der Waals surface area contributed by atoms with E-state index in [2.05, 4.69) is 5.10 Å². The second kappa shape index (κ2) is 5.24. The number of anilines is 2. The Morgan fingerprint density at radius 2 is 1.95 bits per heavy atom. The highest BCUT2D eigenvalue weighted by molar-refractivity contribution is 6.01.